The summed E-state index contributed by atoms with van der Waals surface area (Å²) in [4.78, 5) is 29.1. The Labute approximate surface area is 65.9 Å². The standard InChI is InChI=1S/C5H2N4O3/c10-3-8-5-4(9(11)12)1-6-2-7-5/h1-2H. The minimum absolute atomic E-state index is 0.287. The van der Waals surface area contributed by atoms with Crippen molar-refractivity contribution >= 4 is 17.6 Å². The highest BCUT2D eigenvalue weighted by Crippen LogP contribution is 2.20. The van der Waals surface area contributed by atoms with Gasteiger partial charge in [-0.1, -0.05) is 0 Å². The molecular weight excluding hydrogens is 164 g/mol. The van der Waals surface area contributed by atoms with Crippen molar-refractivity contribution in [1.29, 1.82) is 0 Å². The number of carbonyl (C=O) groups excluding carboxylic acids is 1. The monoisotopic (exact) mass is 166 g/mol. The number of aromatic nitrogens is 2. The van der Waals surface area contributed by atoms with Gasteiger partial charge in [-0.05, 0) is 0 Å². The van der Waals surface area contributed by atoms with Gasteiger partial charge in [0.05, 0.1) is 4.92 Å². The highest BCUT2D eigenvalue weighted by atomic mass is 16.6. The van der Waals surface area contributed by atoms with Gasteiger partial charge in [-0.2, -0.15) is 0 Å². The summed E-state index contributed by atoms with van der Waals surface area (Å²) in [6.45, 7) is 0. The van der Waals surface area contributed by atoms with Crippen LogP contribution in [0.1, 0.15) is 0 Å². The zero-order valence-electron chi connectivity index (χ0n) is 5.67. The molecule has 0 unspecified atom stereocenters. The third kappa shape index (κ3) is 1.47. The zero-order chi connectivity index (χ0) is 8.97. The topological polar surface area (TPSA) is 98.3 Å². The maximum Gasteiger partial charge on any atom is 0.332 e. The molecule has 0 aliphatic rings. The molecular formula is C5H2N4O3. The smallest absolute Gasteiger partial charge is 0.258 e. The Hall–Kier alpha value is -2.14. The second-order valence-electron chi connectivity index (χ2n) is 1.69. The molecule has 0 aromatic carbocycles. The van der Waals surface area contributed by atoms with Crippen LogP contribution in [0.3, 0.4) is 0 Å². The summed E-state index contributed by atoms with van der Waals surface area (Å²) in [6, 6.07) is 0. The molecule has 7 heteroatoms. The van der Waals surface area contributed by atoms with Crippen molar-refractivity contribution in [3.63, 3.8) is 0 Å². The molecule has 0 saturated heterocycles. The van der Waals surface area contributed by atoms with Gasteiger partial charge in [0.2, 0.25) is 11.9 Å². The minimum atomic E-state index is -0.726. The Morgan fingerprint density at radius 2 is 2.42 bits per heavy atom. The van der Waals surface area contributed by atoms with Crippen molar-refractivity contribution < 1.29 is 9.72 Å². The summed E-state index contributed by atoms with van der Waals surface area (Å²) < 4.78 is 0. The minimum Gasteiger partial charge on any atom is -0.258 e. The number of aliphatic imine (C=N–C) groups is 1. The van der Waals surface area contributed by atoms with E-state index >= 15 is 0 Å². The summed E-state index contributed by atoms with van der Waals surface area (Å²) >= 11 is 0. The predicted octanol–water partition coefficient (Wildman–Crippen LogP) is 0.352. The lowest BCUT2D eigenvalue weighted by Crippen LogP contribution is -1.91. The van der Waals surface area contributed by atoms with Crippen LogP contribution in [0.2, 0.25) is 0 Å². The summed E-state index contributed by atoms with van der Waals surface area (Å²) in [6.07, 6.45) is 3.18. The highest BCUT2D eigenvalue weighted by Gasteiger charge is 2.13. The molecule has 0 bridgehead atoms. The number of nitro groups is 1. The van der Waals surface area contributed by atoms with Gasteiger partial charge < -0.3 is 0 Å². The first-order chi connectivity index (χ1) is 5.75. The van der Waals surface area contributed by atoms with Crippen molar-refractivity contribution in [3.05, 3.63) is 22.6 Å². The molecule has 0 N–H and O–H groups in total. The fraction of sp³-hybridized carbons (Fsp3) is 0. The summed E-state index contributed by atoms with van der Waals surface area (Å²) in [5.74, 6) is -0.287. The molecule has 60 valence electrons. The molecule has 0 amide bonds. The van der Waals surface area contributed by atoms with E-state index in [1.807, 2.05) is 0 Å². The first kappa shape index (κ1) is 7.96. The third-order valence-corrected chi connectivity index (χ3v) is 1.02. The SMILES string of the molecule is O=C=Nc1ncncc1[N+](=O)[O-]. The van der Waals surface area contributed by atoms with E-state index in [2.05, 4.69) is 15.0 Å². The molecule has 0 saturated carbocycles. The Kier molecular flexibility index (Phi) is 2.20. The van der Waals surface area contributed by atoms with Crippen LogP contribution in [0.25, 0.3) is 0 Å². The predicted molar refractivity (Wildman–Crippen MR) is 36.5 cm³/mol. The lowest BCUT2D eigenvalue weighted by atomic mass is 10.5. The van der Waals surface area contributed by atoms with Gasteiger partial charge >= 0.3 is 5.69 Å². The molecule has 0 aliphatic heterocycles. The maximum atomic E-state index is 10.2. The third-order valence-electron chi connectivity index (χ3n) is 1.02. The van der Waals surface area contributed by atoms with Gasteiger partial charge in [0, 0.05) is 0 Å². The van der Waals surface area contributed by atoms with Crippen LogP contribution in [-0.4, -0.2) is 21.0 Å². The quantitative estimate of drug-likeness (QED) is 0.273. The van der Waals surface area contributed by atoms with E-state index in [0.717, 1.165) is 18.6 Å². The highest BCUT2D eigenvalue weighted by molar-refractivity contribution is 5.55. The fourth-order valence-electron chi connectivity index (χ4n) is 0.574. The van der Waals surface area contributed by atoms with Crippen molar-refractivity contribution in [3.8, 4) is 0 Å². The molecule has 1 aromatic heterocycles. The van der Waals surface area contributed by atoms with Crippen LogP contribution in [-0.2, 0) is 4.79 Å². The first-order valence-corrected chi connectivity index (χ1v) is 2.78. The van der Waals surface area contributed by atoms with Crippen LogP contribution in [0.15, 0.2) is 17.5 Å². The normalized spacial score (nSPS) is 8.67. The molecule has 1 heterocycles. The Morgan fingerprint density at radius 1 is 1.67 bits per heavy atom. The van der Waals surface area contributed by atoms with E-state index in [4.69, 9.17) is 0 Å². The van der Waals surface area contributed by atoms with Crippen molar-refractivity contribution in [1.82, 2.24) is 9.97 Å². The lowest BCUT2D eigenvalue weighted by Gasteiger charge is -1.90. The molecule has 7 nitrogen and oxygen atoms in total. The van der Waals surface area contributed by atoms with E-state index in [-0.39, 0.29) is 5.82 Å². The molecule has 0 aliphatic carbocycles. The van der Waals surface area contributed by atoms with Crippen molar-refractivity contribution in [2.75, 3.05) is 0 Å². The van der Waals surface area contributed by atoms with Gasteiger partial charge in [-0.15, -0.1) is 4.99 Å². The number of isocyanates is 1. The van der Waals surface area contributed by atoms with Crippen molar-refractivity contribution in [2.45, 2.75) is 0 Å². The molecule has 0 radical (unpaired) electrons. The van der Waals surface area contributed by atoms with Crippen LogP contribution < -0.4 is 0 Å². The van der Waals surface area contributed by atoms with Crippen LogP contribution in [0, 0.1) is 10.1 Å². The number of hydrogen-bond acceptors (Lipinski definition) is 6. The maximum absolute atomic E-state index is 10.2. The number of rotatable bonds is 2. The molecule has 0 fully saturated rings. The van der Waals surface area contributed by atoms with E-state index in [1.54, 1.807) is 0 Å². The molecule has 12 heavy (non-hydrogen) atoms. The summed E-state index contributed by atoms with van der Waals surface area (Å²) in [7, 11) is 0. The van der Waals surface area contributed by atoms with Gasteiger partial charge in [0.25, 0.3) is 0 Å². The largest absolute Gasteiger partial charge is 0.332 e. The summed E-state index contributed by atoms with van der Waals surface area (Å²) in [5, 5.41) is 10.2. The Bertz CT molecular complexity index is 336. The van der Waals surface area contributed by atoms with E-state index in [9.17, 15) is 14.9 Å². The van der Waals surface area contributed by atoms with Gasteiger partial charge in [-0.25, -0.2) is 14.8 Å². The van der Waals surface area contributed by atoms with Crippen LogP contribution >= 0.6 is 0 Å². The van der Waals surface area contributed by atoms with Gasteiger partial charge in [-0.3, -0.25) is 10.1 Å². The lowest BCUT2D eigenvalue weighted by molar-refractivity contribution is -0.384. The van der Waals surface area contributed by atoms with Gasteiger partial charge in [0.15, 0.2) is 0 Å². The zero-order valence-corrected chi connectivity index (χ0v) is 5.67. The average molecular weight is 166 g/mol. The van der Waals surface area contributed by atoms with Crippen LogP contribution in [0.4, 0.5) is 11.5 Å². The number of hydrogen-bond donors (Lipinski definition) is 0. The van der Waals surface area contributed by atoms with E-state index < -0.39 is 10.6 Å². The Balaban J connectivity index is 3.26. The number of nitrogens with zero attached hydrogens (tertiary/aromatic N) is 4. The summed E-state index contributed by atoms with van der Waals surface area (Å²) in [5.41, 5.74) is -0.416. The first-order valence-electron chi connectivity index (χ1n) is 2.78. The average Bonchev–Trinajstić information content (AvgIpc) is 2.05. The molecule has 1 aromatic rings. The van der Waals surface area contributed by atoms with Crippen molar-refractivity contribution in [2.24, 2.45) is 4.99 Å². The molecule has 0 atom stereocenters. The van der Waals surface area contributed by atoms with Gasteiger partial charge in [0.1, 0.15) is 12.5 Å². The molecule has 1 rings (SSSR count). The van der Waals surface area contributed by atoms with E-state index in [0.29, 0.717) is 0 Å². The van der Waals surface area contributed by atoms with Crippen LogP contribution in [0.5, 0.6) is 0 Å². The Morgan fingerprint density at radius 3 is 3.00 bits per heavy atom. The second-order valence-corrected chi connectivity index (χ2v) is 1.69. The second kappa shape index (κ2) is 3.31. The van der Waals surface area contributed by atoms with E-state index in [1.165, 1.54) is 0 Å². The molecule has 0 spiro atoms. The fourth-order valence-corrected chi connectivity index (χ4v) is 0.574.